The molecule has 1 saturated heterocycles. The Morgan fingerprint density at radius 3 is 1.50 bits per heavy atom. The summed E-state index contributed by atoms with van der Waals surface area (Å²) in [5, 5.41) is -1.20. The molecule has 0 N–H and O–H groups in total. The molecule has 1 fully saturated rings. The Morgan fingerprint density at radius 2 is 1.28 bits per heavy atom. The second-order valence-electron chi connectivity index (χ2n) is 3.04. The minimum Gasteiger partial charge on any atom is -0.281 e. The summed E-state index contributed by atoms with van der Waals surface area (Å²) in [5.41, 5.74) is 0. The third-order valence-corrected chi connectivity index (χ3v) is 2.55. The van der Waals surface area contributed by atoms with Crippen LogP contribution in [0.15, 0.2) is 0 Å². The number of halogens is 9. The van der Waals surface area contributed by atoms with Crippen molar-refractivity contribution in [1.29, 1.82) is 5.26 Å². The Labute approximate surface area is 104 Å². The minimum absolute atomic E-state index is 0.148. The molecule has 1 aliphatic heterocycles. The second-order valence-corrected chi connectivity index (χ2v) is 4.01. The van der Waals surface area contributed by atoms with Gasteiger partial charge < -0.3 is 0 Å². The lowest BCUT2D eigenvalue weighted by atomic mass is 10.1. The summed E-state index contributed by atoms with van der Waals surface area (Å²) >= 11 is 8.90. The highest BCUT2D eigenvalue weighted by Gasteiger charge is 2.85. The highest BCUT2D eigenvalue weighted by molar-refractivity contribution is 6.32. The fourth-order valence-corrected chi connectivity index (χ4v) is 1.29. The fraction of sp³-hybridized carbons (Fsp3) is 0.833. The maximum Gasteiger partial charge on any atom is 0.451 e. The van der Waals surface area contributed by atoms with Gasteiger partial charge in [0.1, 0.15) is 6.07 Å². The number of hydrogen-bond donors (Lipinski definition) is 0. The van der Waals surface area contributed by atoms with Crippen LogP contribution in [0.4, 0.5) is 30.7 Å². The summed E-state index contributed by atoms with van der Waals surface area (Å²) in [7, 11) is 0. The van der Waals surface area contributed by atoms with Crippen LogP contribution in [0.2, 0.25) is 0 Å². The molecule has 0 aromatic carbocycles. The molecular formula is C6Cl2F7NO2. The van der Waals surface area contributed by atoms with Crippen molar-refractivity contribution in [2.45, 2.75) is 28.5 Å². The average Bonchev–Trinajstić information content (AvgIpc) is 2.33. The van der Waals surface area contributed by atoms with E-state index in [9.17, 15) is 30.7 Å². The molecule has 1 aliphatic rings. The van der Waals surface area contributed by atoms with Gasteiger partial charge in [0.15, 0.2) is 0 Å². The molecule has 0 amide bonds. The molecule has 3 nitrogen and oxygen atoms in total. The molecule has 1 rings (SSSR count). The molecule has 2 atom stereocenters. The van der Waals surface area contributed by atoms with Gasteiger partial charge in [-0.1, -0.05) is 0 Å². The van der Waals surface area contributed by atoms with Crippen LogP contribution in [-0.2, 0) is 9.47 Å². The van der Waals surface area contributed by atoms with Gasteiger partial charge in [-0.3, -0.25) is 9.47 Å². The van der Waals surface area contributed by atoms with E-state index in [2.05, 4.69) is 32.7 Å². The maximum absolute atomic E-state index is 13.0. The second kappa shape index (κ2) is 3.75. The Bertz CT molecular complexity index is 386. The van der Waals surface area contributed by atoms with E-state index >= 15 is 0 Å². The largest absolute Gasteiger partial charge is 0.451 e. The zero-order chi connectivity index (χ0) is 14.6. The molecule has 0 aliphatic carbocycles. The monoisotopic (exact) mass is 321 g/mol. The van der Waals surface area contributed by atoms with Gasteiger partial charge in [0.25, 0.3) is 0 Å². The normalized spacial score (nSPS) is 41.8. The predicted octanol–water partition coefficient (Wildman–Crippen LogP) is 3.17. The van der Waals surface area contributed by atoms with E-state index in [-0.39, 0.29) is 6.07 Å². The van der Waals surface area contributed by atoms with Gasteiger partial charge in [0.05, 0.1) is 0 Å². The van der Waals surface area contributed by atoms with E-state index in [1.54, 1.807) is 0 Å². The Balaban J connectivity index is 3.44. The summed E-state index contributed by atoms with van der Waals surface area (Å²) in [6.07, 6.45) is -6.19. The first-order valence-electron chi connectivity index (χ1n) is 3.74. The Hall–Kier alpha value is -0.500. The number of rotatable bonds is 1. The first kappa shape index (κ1) is 15.6. The zero-order valence-electron chi connectivity index (χ0n) is 7.67. The molecule has 0 saturated carbocycles. The average molecular weight is 322 g/mol. The zero-order valence-corrected chi connectivity index (χ0v) is 9.18. The first-order valence-corrected chi connectivity index (χ1v) is 4.50. The van der Waals surface area contributed by atoms with Gasteiger partial charge in [-0.15, -0.1) is 0 Å². The number of nitriles is 1. The maximum atomic E-state index is 13.0. The molecule has 18 heavy (non-hydrogen) atoms. The summed E-state index contributed by atoms with van der Waals surface area (Å²) < 4.78 is 95.4. The van der Waals surface area contributed by atoms with Gasteiger partial charge in [-0.25, -0.2) is 0 Å². The van der Waals surface area contributed by atoms with Crippen LogP contribution in [0.1, 0.15) is 0 Å². The predicted molar refractivity (Wildman–Crippen MR) is 40.9 cm³/mol. The van der Waals surface area contributed by atoms with Gasteiger partial charge in [-0.2, -0.15) is 36.0 Å². The smallest absolute Gasteiger partial charge is 0.281 e. The topological polar surface area (TPSA) is 42.2 Å². The van der Waals surface area contributed by atoms with Crippen molar-refractivity contribution in [3.8, 4) is 6.07 Å². The van der Waals surface area contributed by atoms with Crippen LogP contribution in [0.3, 0.4) is 0 Å². The summed E-state index contributed by atoms with van der Waals surface area (Å²) in [5.74, 6) is -10.8. The van der Waals surface area contributed by atoms with E-state index < -0.39 is 28.5 Å². The number of ether oxygens (including phenoxy) is 2. The highest BCUT2D eigenvalue weighted by Crippen LogP contribution is 2.60. The molecule has 104 valence electrons. The molecule has 12 heteroatoms. The Kier molecular flexibility index (Phi) is 3.24. The SMILES string of the molecule is N#CC(F)(F)C1(C(F)(F)F)OC(F)(Cl)C(F)(Cl)O1. The van der Waals surface area contributed by atoms with Crippen molar-refractivity contribution in [3.05, 3.63) is 0 Å². The molecular weight excluding hydrogens is 322 g/mol. The fourth-order valence-electron chi connectivity index (χ4n) is 0.996. The van der Waals surface area contributed by atoms with Gasteiger partial charge in [0, 0.05) is 0 Å². The molecule has 0 spiro atoms. The summed E-state index contributed by atoms with van der Waals surface area (Å²) in [6, 6.07) is -0.148. The summed E-state index contributed by atoms with van der Waals surface area (Å²) in [6.45, 7) is 0. The quantitative estimate of drug-likeness (QED) is 0.550. The molecule has 2 unspecified atom stereocenters. The van der Waals surface area contributed by atoms with E-state index in [0.717, 1.165) is 0 Å². The lowest BCUT2D eigenvalue weighted by Gasteiger charge is -2.31. The van der Waals surface area contributed by atoms with Gasteiger partial charge >= 0.3 is 28.5 Å². The molecule has 0 radical (unpaired) electrons. The van der Waals surface area contributed by atoms with Crippen molar-refractivity contribution in [3.63, 3.8) is 0 Å². The third-order valence-electron chi connectivity index (χ3n) is 1.81. The van der Waals surface area contributed by atoms with Gasteiger partial charge in [0.2, 0.25) is 0 Å². The lowest BCUT2D eigenvalue weighted by molar-refractivity contribution is -0.414. The van der Waals surface area contributed by atoms with Crippen LogP contribution in [0, 0.1) is 11.3 Å². The Morgan fingerprint density at radius 1 is 0.944 bits per heavy atom. The lowest BCUT2D eigenvalue weighted by Crippen LogP contribution is -2.60. The van der Waals surface area contributed by atoms with Crippen LogP contribution < -0.4 is 0 Å². The highest BCUT2D eigenvalue weighted by atomic mass is 35.5. The van der Waals surface area contributed by atoms with Crippen LogP contribution in [0.5, 0.6) is 0 Å². The van der Waals surface area contributed by atoms with E-state index in [1.165, 1.54) is 0 Å². The summed E-state index contributed by atoms with van der Waals surface area (Å²) in [4.78, 5) is 0. The van der Waals surface area contributed by atoms with Crippen molar-refractivity contribution in [1.82, 2.24) is 0 Å². The van der Waals surface area contributed by atoms with Crippen LogP contribution >= 0.6 is 23.2 Å². The number of nitrogens with zero attached hydrogens (tertiary/aromatic N) is 1. The van der Waals surface area contributed by atoms with Crippen molar-refractivity contribution >= 4 is 23.2 Å². The van der Waals surface area contributed by atoms with Crippen molar-refractivity contribution in [2.75, 3.05) is 0 Å². The van der Waals surface area contributed by atoms with Crippen molar-refractivity contribution < 1.29 is 40.2 Å². The minimum atomic E-state index is -6.19. The molecule has 0 aromatic rings. The number of alkyl halides is 9. The molecule has 0 bridgehead atoms. The standard InChI is InChI=1S/C6Cl2F7NO2/c7-4(11)5(8,12)18-3(17-4,6(13,14)15)2(9,10)1-16. The van der Waals surface area contributed by atoms with Crippen LogP contribution in [-0.4, -0.2) is 28.5 Å². The third kappa shape index (κ3) is 1.89. The molecule has 1 heterocycles. The van der Waals surface area contributed by atoms with E-state index in [0.29, 0.717) is 0 Å². The van der Waals surface area contributed by atoms with E-state index in [4.69, 9.17) is 5.26 Å². The first-order chi connectivity index (χ1) is 7.72. The van der Waals surface area contributed by atoms with E-state index in [1.807, 2.05) is 0 Å². The van der Waals surface area contributed by atoms with Crippen LogP contribution in [0.25, 0.3) is 0 Å². The molecule has 0 aromatic heterocycles. The van der Waals surface area contributed by atoms with Gasteiger partial charge in [-0.05, 0) is 23.2 Å². The number of hydrogen-bond acceptors (Lipinski definition) is 3. The van der Waals surface area contributed by atoms with Crippen molar-refractivity contribution in [2.24, 2.45) is 0 Å².